The number of hydrogen-bond acceptors (Lipinski definition) is 5. The smallest absolute Gasteiger partial charge is 0.294 e. The summed E-state index contributed by atoms with van der Waals surface area (Å²) in [5.41, 5.74) is 8.06. The van der Waals surface area contributed by atoms with E-state index in [1.54, 1.807) is 0 Å². The molecule has 0 spiro atoms. The van der Waals surface area contributed by atoms with Gasteiger partial charge in [0.15, 0.2) is 16.6 Å². The number of nitrogens with zero attached hydrogens (tertiary/aromatic N) is 3. The Morgan fingerprint density at radius 1 is 1.12 bits per heavy atom. The van der Waals surface area contributed by atoms with Crippen LogP contribution in [0.25, 0.3) is 0 Å². The molecule has 1 heterocycles. The molecule has 0 saturated carbocycles. The number of rotatable bonds is 3. The summed E-state index contributed by atoms with van der Waals surface area (Å²) in [7, 11) is 0. The van der Waals surface area contributed by atoms with Crippen LogP contribution in [0.4, 0.5) is 22.9 Å². The van der Waals surface area contributed by atoms with Gasteiger partial charge >= 0.3 is 0 Å². The van der Waals surface area contributed by atoms with Crippen LogP contribution in [-0.4, -0.2) is 14.9 Å². The molecule has 0 aliphatic heterocycles. The molecule has 0 atom stereocenters. The fourth-order valence-electron chi connectivity index (χ4n) is 2.11. The monoisotopic (exact) mass is 352 g/mol. The Balaban J connectivity index is 1.84. The van der Waals surface area contributed by atoms with Crippen LogP contribution in [0.5, 0.6) is 0 Å². The predicted molar refractivity (Wildman–Crippen MR) is 103 cm³/mol. The van der Waals surface area contributed by atoms with Crippen molar-refractivity contribution >= 4 is 40.2 Å². The summed E-state index contributed by atoms with van der Waals surface area (Å²) in [6.07, 6.45) is 0. The first-order chi connectivity index (χ1) is 12.0. The number of nitrogens with two attached hydrogens (primary N) is 1. The molecule has 3 rings (SSSR count). The van der Waals surface area contributed by atoms with Crippen molar-refractivity contribution in [1.82, 2.24) is 9.78 Å². The topological polar surface area (TPSA) is 101 Å². The Labute approximate surface area is 149 Å². The molecular formula is C17H16N6OS. The number of thiocarbonyl (C=S) groups is 1. The van der Waals surface area contributed by atoms with Gasteiger partial charge in [-0.05, 0) is 43.4 Å². The van der Waals surface area contributed by atoms with Crippen LogP contribution in [0.1, 0.15) is 5.56 Å². The first-order valence-corrected chi connectivity index (χ1v) is 7.91. The first kappa shape index (κ1) is 16.6. The summed E-state index contributed by atoms with van der Waals surface area (Å²) in [5, 5.41) is 13.8. The van der Waals surface area contributed by atoms with Crippen molar-refractivity contribution in [3.8, 4) is 0 Å². The van der Waals surface area contributed by atoms with Gasteiger partial charge in [0.05, 0.1) is 5.69 Å². The second kappa shape index (κ2) is 7.10. The Bertz CT molecular complexity index is 973. The molecule has 0 radical (unpaired) electrons. The molecule has 0 unspecified atom stereocenters. The molecule has 0 bridgehead atoms. The Morgan fingerprint density at radius 3 is 2.48 bits per heavy atom. The van der Waals surface area contributed by atoms with Crippen LogP contribution < -0.4 is 16.6 Å². The Morgan fingerprint density at radius 2 is 1.80 bits per heavy atom. The molecule has 8 heteroatoms. The molecule has 4 N–H and O–H groups in total. The highest BCUT2D eigenvalue weighted by molar-refractivity contribution is 7.80. The van der Waals surface area contributed by atoms with Crippen LogP contribution in [0, 0.1) is 6.92 Å². The fraction of sp³-hybridized carbons (Fsp3) is 0.0588. The molecule has 1 aromatic heterocycles. The van der Waals surface area contributed by atoms with Crippen LogP contribution in [0.3, 0.4) is 0 Å². The van der Waals surface area contributed by atoms with Gasteiger partial charge < -0.3 is 11.1 Å². The summed E-state index contributed by atoms with van der Waals surface area (Å²) in [4.78, 5) is 12.1. The van der Waals surface area contributed by atoms with Gasteiger partial charge in [-0.3, -0.25) is 9.89 Å². The van der Waals surface area contributed by atoms with Crippen molar-refractivity contribution in [2.24, 2.45) is 10.2 Å². The zero-order valence-corrected chi connectivity index (χ0v) is 14.2. The average Bonchev–Trinajstić information content (AvgIpc) is 2.90. The third-order valence-electron chi connectivity index (χ3n) is 3.44. The van der Waals surface area contributed by atoms with E-state index in [0.717, 1.165) is 11.3 Å². The minimum absolute atomic E-state index is 0.0118. The lowest BCUT2D eigenvalue weighted by atomic mass is 10.2. The molecule has 2 aromatic carbocycles. The zero-order valence-electron chi connectivity index (χ0n) is 13.4. The van der Waals surface area contributed by atoms with Crippen molar-refractivity contribution in [3.05, 3.63) is 70.5 Å². The van der Waals surface area contributed by atoms with Crippen LogP contribution >= 0.6 is 12.2 Å². The van der Waals surface area contributed by atoms with Gasteiger partial charge in [0, 0.05) is 5.69 Å². The summed E-state index contributed by atoms with van der Waals surface area (Å²) in [5.74, 6) is 0.0919. The molecule has 25 heavy (non-hydrogen) atoms. The number of anilines is 2. The lowest BCUT2D eigenvalue weighted by Crippen LogP contribution is -2.23. The lowest BCUT2D eigenvalue weighted by molar-refractivity contribution is 0.935. The van der Waals surface area contributed by atoms with Crippen LogP contribution in [-0.2, 0) is 0 Å². The maximum atomic E-state index is 12.1. The van der Waals surface area contributed by atoms with Crippen molar-refractivity contribution in [3.63, 3.8) is 0 Å². The van der Waals surface area contributed by atoms with Gasteiger partial charge in [0.25, 0.3) is 5.56 Å². The zero-order chi connectivity index (χ0) is 17.8. The highest BCUT2D eigenvalue weighted by atomic mass is 32.1. The van der Waals surface area contributed by atoms with Gasteiger partial charge in [-0.15, -0.1) is 5.11 Å². The van der Waals surface area contributed by atoms with E-state index >= 15 is 0 Å². The first-order valence-electron chi connectivity index (χ1n) is 7.50. The van der Waals surface area contributed by atoms with Crippen molar-refractivity contribution in [2.45, 2.75) is 6.92 Å². The van der Waals surface area contributed by atoms with Crippen LogP contribution in [0.2, 0.25) is 0 Å². The van der Waals surface area contributed by atoms with Gasteiger partial charge in [0.1, 0.15) is 0 Å². The number of nitrogen functional groups attached to an aromatic ring is 1. The van der Waals surface area contributed by atoms with E-state index in [4.69, 9.17) is 18.0 Å². The summed E-state index contributed by atoms with van der Waals surface area (Å²) in [6.45, 7) is 1.98. The Kier molecular flexibility index (Phi) is 4.71. The second-order valence-electron chi connectivity index (χ2n) is 5.34. The average molecular weight is 352 g/mol. The largest absolute Gasteiger partial charge is 0.382 e. The van der Waals surface area contributed by atoms with Gasteiger partial charge in [0.2, 0.25) is 0 Å². The minimum atomic E-state index is -0.467. The van der Waals surface area contributed by atoms with E-state index < -0.39 is 5.56 Å². The molecule has 0 aliphatic carbocycles. The summed E-state index contributed by atoms with van der Waals surface area (Å²) >= 11 is 5.28. The van der Waals surface area contributed by atoms with E-state index in [9.17, 15) is 4.79 Å². The van der Waals surface area contributed by atoms with E-state index in [1.807, 2.05) is 61.5 Å². The molecule has 0 fully saturated rings. The number of hydrogen-bond donors (Lipinski definition) is 3. The summed E-state index contributed by atoms with van der Waals surface area (Å²) < 4.78 is 1.27. The third kappa shape index (κ3) is 3.81. The highest BCUT2D eigenvalue weighted by Gasteiger charge is 2.14. The number of nitrogens with one attached hydrogen (secondary N) is 2. The number of aromatic amines is 1. The standard InChI is InChI=1S/C17H16N6OS/c1-11-7-9-13(10-8-11)20-21-14-15(18)23(22-16(14)24)17(25)19-12-5-3-2-4-6-12/h2-10H,18H2,1H3,(H,19,25)(H,22,24). The summed E-state index contributed by atoms with van der Waals surface area (Å²) in [6, 6.07) is 16.8. The lowest BCUT2D eigenvalue weighted by Gasteiger charge is -2.09. The molecular weight excluding hydrogens is 336 g/mol. The molecule has 126 valence electrons. The van der Waals surface area contributed by atoms with E-state index in [2.05, 4.69) is 20.6 Å². The van der Waals surface area contributed by atoms with Crippen LogP contribution in [0.15, 0.2) is 69.6 Å². The number of para-hydroxylation sites is 1. The molecule has 3 aromatic rings. The quantitative estimate of drug-likeness (QED) is 0.494. The van der Waals surface area contributed by atoms with E-state index in [1.165, 1.54) is 4.68 Å². The van der Waals surface area contributed by atoms with Gasteiger partial charge in [-0.2, -0.15) is 5.11 Å². The van der Waals surface area contributed by atoms with Crippen molar-refractivity contribution in [2.75, 3.05) is 11.1 Å². The number of aromatic nitrogens is 2. The van der Waals surface area contributed by atoms with Crippen molar-refractivity contribution in [1.29, 1.82) is 0 Å². The molecule has 0 saturated heterocycles. The minimum Gasteiger partial charge on any atom is -0.382 e. The molecule has 0 aliphatic rings. The molecule has 7 nitrogen and oxygen atoms in total. The predicted octanol–water partition coefficient (Wildman–Crippen LogP) is 3.73. The highest BCUT2D eigenvalue weighted by Crippen LogP contribution is 2.21. The fourth-order valence-corrected chi connectivity index (χ4v) is 2.38. The Hall–Kier alpha value is -3.26. The maximum Gasteiger partial charge on any atom is 0.294 e. The SMILES string of the molecule is Cc1ccc(N=Nc2c(N)n(C(=S)Nc3ccccc3)[nH]c2=O)cc1. The number of H-pyrrole nitrogens is 1. The number of azo groups is 1. The van der Waals surface area contributed by atoms with Gasteiger partial charge in [-0.1, -0.05) is 35.9 Å². The normalized spacial score (nSPS) is 10.9. The maximum absolute atomic E-state index is 12.1. The number of benzene rings is 2. The molecule has 0 amide bonds. The van der Waals surface area contributed by atoms with Crippen molar-refractivity contribution < 1.29 is 0 Å². The third-order valence-corrected chi connectivity index (χ3v) is 3.72. The van der Waals surface area contributed by atoms with Gasteiger partial charge in [-0.25, -0.2) is 4.68 Å². The second-order valence-corrected chi connectivity index (χ2v) is 5.73. The number of aryl methyl sites for hydroxylation is 1. The van der Waals surface area contributed by atoms with E-state index in [0.29, 0.717) is 5.69 Å². The van der Waals surface area contributed by atoms with E-state index in [-0.39, 0.29) is 16.6 Å².